The van der Waals surface area contributed by atoms with Crippen molar-refractivity contribution in [3.8, 4) is 0 Å². The van der Waals surface area contributed by atoms with Crippen molar-refractivity contribution in [1.82, 2.24) is 5.32 Å². The van der Waals surface area contributed by atoms with Crippen molar-refractivity contribution in [2.24, 2.45) is 5.92 Å². The van der Waals surface area contributed by atoms with Gasteiger partial charge in [-0.05, 0) is 31.6 Å². The first kappa shape index (κ1) is 11.0. The Morgan fingerprint density at radius 3 is 2.46 bits per heavy atom. The Bertz CT molecular complexity index is 119. The average Bonchev–Trinajstić information content (AvgIpc) is 2.17. The van der Waals surface area contributed by atoms with Crippen LogP contribution in [0.15, 0.2) is 0 Å². The van der Waals surface area contributed by atoms with E-state index >= 15 is 0 Å². The Labute approximate surface area is 81.7 Å². The number of hydrogen-bond acceptors (Lipinski definition) is 2. The molecule has 0 amide bonds. The third-order valence-electron chi connectivity index (χ3n) is 3.09. The normalized spacial score (nSPS) is 29.1. The van der Waals surface area contributed by atoms with Gasteiger partial charge in [0.15, 0.2) is 0 Å². The van der Waals surface area contributed by atoms with Gasteiger partial charge in [0.25, 0.3) is 0 Å². The highest BCUT2D eigenvalue weighted by Crippen LogP contribution is 2.27. The average molecular weight is 185 g/mol. The summed E-state index contributed by atoms with van der Waals surface area (Å²) < 4.78 is 0. The minimum atomic E-state index is 0.273. The molecule has 0 unspecified atom stereocenters. The van der Waals surface area contributed by atoms with Crippen LogP contribution in [-0.2, 0) is 0 Å². The van der Waals surface area contributed by atoms with Crippen LogP contribution in [0.25, 0.3) is 0 Å². The Balaban J connectivity index is 2.08. The summed E-state index contributed by atoms with van der Waals surface area (Å²) in [4.78, 5) is 0. The zero-order valence-electron chi connectivity index (χ0n) is 8.76. The van der Waals surface area contributed by atoms with Gasteiger partial charge < -0.3 is 10.4 Å². The van der Waals surface area contributed by atoms with Gasteiger partial charge in [-0.2, -0.15) is 0 Å². The van der Waals surface area contributed by atoms with E-state index in [1.165, 1.54) is 38.5 Å². The van der Waals surface area contributed by atoms with Gasteiger partial charge in [0.2, 0.25) is 0 Å². The molecule has 78 valence electrons. The zero-order chi connectivity index (χ0) is 9.52. The highest BCUT2D eigenvalue weighted by molar-refractivity contribution is 4.76. The van der Waals surface area contributed by atoms with Crippen molar-refractivity contribution >= 4 is 0 Å². The van der Waals surface area contributed by atoms with Crippen molar-refractivity contribution in [3.05, 3.63) is 0 Å². The molecule has 1 aliphatic carbocycles. The van der Waals surface area contributed by atoms with Crippen molar-refractivity contribution in [2.75, 3.05) is 13.2 Å². The second kappa shape index (κ2) is 6.39. The topological polar surface area (TPSA) is 32.3 Å². The first-order chi connectivity index (χ1) is 6.36. The third-order valence-corrected chi connectivity index (χ3v) is 3.09. The SMILES string of the molecule is CCCC1CCC(NCCO)CC1. The molecule has 1 rings (SSSR count). The summed E-state index contributed by atoms with van der Waals surface area (Å²) in [6, 6.07) is 0.681. The van der Waals surface area contributed by atoms with Gasteiger partial charge in [-0.3, -0.25) is 0 Å². The highest BCUT2D eigenvalue weighted by atomic mass is 16.3. The molecule has 13 heavy (non-hydrogen) atoms. The minimum Gasteiger partial charge on any atom is -0.395 e. The summed E-state index contributed by atoms with van der Waals surface area (Å²) in [6.45, 7) is 3.31. The second-order valence-electron chi connectivity index (χ2n) is 4.18. The van der Waals surface area contributed by atoms with Gasteiger partial charge in [0.05, 0.1) is 6.61 Å². The van der Waals surface area contributed by atoms with E-state index in [0.29, 0.717) is 6.04 Å². The summed E-state index contributed by atoms with van der Waals surface area (Å²) in [5.74, 6) is 0.983. The Morgan fingerprint density at radius 2 is 1.92 bits per heavy atom. The fourth-order valence-electron chi connectivity index (χ4n) is 2.33. The summed E-state index contributed by atoms with van der Waals surface area (Å²) in [5.41, 5.74) is 0. The van der Waals surface area contributed by atoms with Crippen LogP contribution in [-0.4, -0.2) is 24.3 Å². The van der Waals surface area contributed by atoms with Crippen LogP contribution in [0.2, 0.25) is 0 Å². The first-order valence-electron chi connectivity index (χ1n) is 5.71. The maximum atomic E-state index is 8.67. The number of aliphatic hydroxyl groups excluding tert-OH is 1. The van der Waals surface area contributed by atoms with Crippen LogP contribution in [0.5, 0.6) is 0 Å². The lowest BCUT2D eigenvalue weighted by Crippen LogP contribution is -2.34. The molecule has 0 aromatic heterocycles. The van der Waals surface area contributed by atoms with Crippen molar-refractivity contribution < 1.29 is 5.11 Å². The van der Waals surface area contributed by atoms with E-state index in [1.54, 1.807) is 0 Å². The van der Waals surface area contributed by atoms with Crippen molar-refractivity contribution in [2.45, 2.75) is 51.5 Å². The predicted molar refractivity (Wildman–Crippen MR) is 55.7 cm³/mol. The van der Waals surface area contributed by atoms with Gasteiger partial charge >= 0.3 is 0 Å². The molecule has 2 heteroatoms. The fraction of sp³-hybridized carbons (Fsp3) is 1.00. The molecule has 2 N–H and O–H groups in total. The third kappa shape index (κ3) is 4.10. The molecule has 0 bridgehead atoms. The summed E-state index contributed by atoms with van der Waals surface area (Å²) >= 11 is 0. The molecule has 0 saturated heterocycles. The van der Waals surface area contributed by atoms with E-state index in [-0.39, 0.29) is 6.61 Å². The summed E-state index contributed by atoms with van der Waals surface area (Å²) in [5, 5.41) is 12.1. The molecule has 0 atom stereocenters. The second-order valence-corrected chi connectivity index (χ2v) is 4.18. The molecule has 0 spiro atoms. The van der Waals surface area contributed by atoms with Crippen LogP contribution < -0.4 is 5.32 Å². The molecule has 0 aromatic carbocycles. The maximum absolute atomic E-state index is 8.67. The number of hydrogen-bond donors (Lipinski definition) is 2. The van der Waals surface area contributed by atoms with E-state index in [1.807, 2.05) is 0 Å². The predicted octanol–water partition coefficient (Wildman–Crippen LogP) is 1.93. The molecule has 0 aliphatic heterocycles. The number of rotatable bonds is 5. The smallest absolute Gasteiger partial charge is 0.0556 e. The van der Waals surface area contributed by atoms with E-state index in [0.717, 1.165) is 12.5 Å². The van der Waals surface area contributed by atoms with Crippen LogP contribution in [0.3, 0.4) is 0 Å². The monoisotopic (exact) mass is 185 g/mol. The summed E-state index contributed by atoms with van der Waals surface area (Å²) in [6.07, 6.45) is 8.13. The quantitative estimate of drug-likeness (QED) is 0.686. The first-order valence-corrected chi connectivity index (χ1v) is 5.71. The Morgan fingerprint density at radius 1 is 1.23 bits per heavy atom. The molecular formula is C11H23NO. The van der Waals surface area contributed by atoms with Gasteiger partial charge in [-0.15, -0.1) is 0 Å². The molecule has 0 radical (unpaired) electrons. The molecule has 2 nitrogen and oxygen atoms in total. The van der Waals surface area contributed by atoms with Crippen LogP contribution in [0, 0.1) is 5.92 Å². The van der Waals surface area contributed by atoms with Crippen molar-refractivity contribution in [3.63, 3.8) is 0 Å². The molecule has 0 heterocycles. The number of nitrogens with one attached hydrogen (secondary N) is 1. The Kier molecular flexibility index (Phi) is 5.40. The van der Waals surface area contributed by atoms with Gasteiger partial charge in [-0.1, -0.05) is 19.8 Å². The fourth-order valence-corrected chi connectivity index (χ4v) is 2.33. The van der Waals surface area contributed by atoms with Crippen LogP contribution in [0.1, 0.15) is 45.4 Å². The summed E-state index contributed by atoms with van der Waals surface area (Å²) in [7, 11) is 0. The minimum absolute atomic E-state index is 0.273. The maximum Gasteiger partial charge on any atom is 0.0556 e. The zero-order valence-corrected chi connectivity index (χ0v) is 8.76. The van der Waals surface area contributed by atoms with Gasteiger partial charge in [0.1, 0.15) is 0 Å². The van der Waals surface area contributed by atoms with E-state index in [2.05, 4.69) is 12.2 Å². The molecular weight excluding hydrogens is 162 g/mol. The standard InChI is InChI=1S/C11H23NO/c1-2-3-10-4-6-11(7-5-10)12-8-9-13/h10-13H,2-9H2,1H3. The number of aliphatic hydroxyl groups is 1. The van der Waals surface area contributed by atoms with Gasteiger partial charge in [0, 0.05) is 12.6 Å². The lowest BCUT2D eigenvalue weighted by atomic mass is 9.83. The molecule has 1 saturated carbocycles. The van der Waals surface area contributed by atoms with E-state index in [9.17, 15) is 0 Å². The highest BCUT2D eigenvalue weighted by Gasteiger charge is 2.19. The Hall–Kier alpha value is -0.0800. The molecule has 1 fully saturated rings. The van der Waals surface area contributed by atoms with E-state index < -0.39 is 0 Å². The van der Waals surface area contributed by atoms with Crippen LogP contribution >= 0.6 is 0 Å². The largest absolute Gasteiger partial charge is 0.395 e. The molecule has 0 aromatic rings. The van der Waals surface area contributed by atoms with E-state index in [4.69, 9.17) is 5.11 Å². The molecule has 1 aliphatic rings. The lowest BCUT2D eigenvalue weighted by Gasteiger charge is -2.28. The van der Waals surface area contributed by atoms with Crippen LogP contribution in [0.4, 0.5) is 0 Å². The van der Waals surface area contributed by atoms with Gasteiger partial charge in [-0.25, -0.2) is 0 Å². The lowest BCUT2D eigenvalue weighted by molar-refractivity contribution is 0.247. The van der Waals surface area contributed by atoms with Crippen molar-refractivity contribution in [1.29, 1.82) is 0 Å².